The smallest absolute Gasteiger partial charge is 0.123 e. The predicted molar refractivity (Wildman–Crippen MR) is 93.5 cm³/mol. The first-order valence-corrected chi connectivity index (χ1v) is 11.3. The summed E-state index contributed by atoms with van der Waals surface area (Å²) in [6.07, 6.45) is 0. The van der Waals surface area contributed by atoms with Gasteiger partial charge >= 0.3 is 0 Å². The lowest BCUT2D eigenvalue weighted by molar-refractivity contribution is 0.0929. The van der Waals surface area contributed by atoms with Crippen molar-refractivity contribution in [3.8, 4) is 0 Å². The van der Waals surface area contributed by atoms with Crippen molar-refractivity contribution in [1.82, 2.24) is 4.57 Å². The van der Waals surface area contributed by atoms with Crippen molar-refractivity contribution in [3.05, 3.63) is 48.5 Å². The molecule has 3 aromatic rings. The molecule has 0 fully saturated rings. The van der Waals surface area contributed by atoms with E-state index in [1.807, 2.05) is 0 Å². The molecule has 0 atom stereocenters. The van der Waals surface area contributed by atoms with Gasteiger partial charge in [0.15, 0.2) is 0 Å². The second-order valence-electron chi connectivity index (χ2n) is 6.81. The molecule has 0 aliphatic carbocycles. The summed E-state index contributed by atoms with van der Waals surface area (Å²) in [5, 5.41) is 2.61. The summed E-state index contributed by atoms with van der Waals surface area (Å²) in [5.41, 5.74) is 2.51. The Morgan fingerprint density at radius 3 is 1.90 bits per heavy atom. The van der Waals surface area contributed by atoms with E-state index in [4.69, 9.17) is 4.74 Å². The molecular formula is C18H23NOSi. The molecule has 0 amide bonds. The van der Waals surface area contributed by atoms with Gasteiger partial charge in [0.1, 0.15) is 6.73 Å². The van der Waals surface area contributed by atoms with Gasteiger partial charge in [-0.15, -0.1) is 0 Å². The number of benzene rings is 2. The maximum absolute atomic E-state index is 5.97. The molecule has 110 valence electrons. The largest absolute Gasteiger partial charge is 0.361 e. The fourth-order valence-corrected chi connectivity index (χ4v) is 3.43. The van der Waals surface area contributed by atoms with Crippen LogP contribution in [0.5, 0.6) is 0 Å². The lowest BCUT2D eigenvalue weighted by Crippen LogP contribution is -2.22. The summed E-state index contributed by atoms with van der Waals surface area (Å²) < 4.78 is 8.25. The van der Waals surface area contributed by atoms with Crippen LogP contribution in [0.1, 0.15) is 0 Å². The van der Waals surface area contributed by atoms with Crippen LogP contribution in [0.25, 0.3) is 21.8 Å². The molecule has 0 bridgehead atoms. The van der Waals surface area contributed by atoms with E-state index in [9.17, 15) is 0 Å². The van der Waals surface area contributed by atoms with Gasteiger partial charge in [-0.2, -0.15) is 0 Å². The third kappa shape index (κ3) is 3.04. The van der Waals surface area contributed by atoms with Crippen LogP contribution in [0.3, 0.4) is 0 Å². The zero-order valence-electron chi connectivity index (χ0n) is 13.1. The Kier molecular flexibility index (Phi) is 3.87. The topological polar surface area (TPSA) is 14.2 Å². The summed E-state index contributed by atoms with van der Waals surface area (Å²) >= 11 is 0. The second kappa shape index (κ2) is 5.66. The number of para-hydroxylation sites is 2. The molecule has 0 N–H and O–H groups in total. The Morgan fingerprint density at radius 2 is 1.38 bits per heavy atom. The zero-order chi connectivity index (χ0) is 14.9. The van der Waals surface area contributed by atoms with Gasteiger partial charge in [0.25, 0.3) is 0 Å². The van der Waals surface area contributed by atoms with Crippen LogP contribution in [-0.4, -0.2) is 19.2 Å². The minimum absolute atomic E-state index is 0.637. The highest BCUT2D eigenvalue weighted by Gasteiger charge is 2.13. The maximum atomic E-state index is 5.97. The number of fused-ring (bicyclic) bond motifs is 3. The van der Waals surface area contributed by atoms with Crippen LogP contribution in [-0.2, 0) is 11.5 Å². The van der Waals surface area contributed by atoms with Crippen molar-refractivity contribution in [3.63, 3.8) is 0 Å². The molecule has 0 unspecified atom stereocenters. The quantitative estimate of drug-likeness (QED) is 0.471. The van der Waals surface area contributed by atoms with E-state index in [2.05, 4.69) is 72.7 Å². The van der Waals surface area contributed by atoms with Gasteiger partial charge in [-0.25, -0.2) is 0 Å². The molecule has 2 nitrogen and oxygen atoms in total. The monoisotopic (exact) mass is 297 g/mol. The van der Waals surface area contributed by atoms with E-state index >= 15 is 0 Å². The molecule has 0 aliphatic heterocycles. The molecule has 0 aliphatic rings. The van der Waals surface area contributed by atoms with Crippen LogP contribution < -0.4 is 0 Å². The summed E-state index contributed by atoms with van der Waals surface area (Å²) in [5.74, 6) is 0. The molecule has 0 saturated carbocycles. The summed E-state index contributed by atoms with van der Waals surface area (Å²) in [4.78, 5) is 0. The number of rotatable bonds is 5. The van der Waals surface area contributed by atoms with E-state index in [0.717, 1.165) is 6.61 Å². The van der Waals surface area contributed by atoms with E-state index in [0.29, 0.717) is 6.73 Å². The molecule has 2 aromatic carbocycles. The average molecular weight is 297 g/mol. The second-order valence-corrected chi connectivity index (χ2v) is 12.4. The van der Waals surface area contributed by atoms with Gasteiger partial charge in [-0.1, -0.05) is 56.0 Å². The molecular weight excluding hydrogens is 274 g/mol. The van der Waals surface area contributed by atoms with Crippen molar-refractivity contribution < 1.29 is 4.74 Å². The summed E-state index contributed by atoms with van der Waals surface area (Å²) in [7, 11) is -1.02. The normalized spacial score (nSPS) is 12.3. The van der Waals surface area contributed by atoms with Crippen LogP contribution in [0.15, 0.2) is 48.5 Å². The molecule has 1 heterocycles. The molecule has 0 radical (unpaired) electrons. The average Bonchev–Trinajstić information content (AvgIpc) is 2.77. The predicted octanol–water partition coefficient (Wildman–Crippen LogP) is 5.11. The summed E-state index contributed by atoms with van der Waals surface area (Å²) in [6, 6.07) is 18.3. The number of hydrogen-bond acceptors (Lipinski definition) is 1. The van der Waals surface area contributed by atoms with Crippen molar-refractivity contribution in [1.29, 1.82) is 0 Å². The molecule has 0 saturated heterocycles. The Hall–Kier alpha value is -1.58. The third-order valence-electron chi connectivity index (χ3n) is 3.90. The van der Waals surface area contributed by atoms with Crippen LogP contribution in [0.4, 0.5) is 0 Å². The molecule has 1 aromatic heterocycles. The SMILES string of the molecule is C[Si](C)(C)CCOCn1c2ccccc2c2ccccc21. The summed E-state index contributed by atoms with van der Waals surface area (Å²) in [6.45, 7) is 8.65. The van der Waals surface area contributed by atoms with E-state index in [-0.39, 0.29) is 0 Å². The standard InChI is InChI=1S/C18H23NOSi/c1-21(2,3)13-12-20-14-19-17-10-6-4-8-15(17)16-9-5-7-11-18(16)19/h4-11H,12-14H2,1-3H3. The Morgan fingerprint density at radius 1 is 0.857 bits per heavy atom. The van der Waals surface area contributed by atoms with Crippen LogP contribution in [0.2, 0.25) is 25.7 Å². The van der Waals surface area contributed by atoms with Gasteiger partial charge < -0.3 is 9.30 Å². The highest BCUT2D eigenvalue weighted by molar-refractivity contribution is 6.76. The molecule has 3 heteroatoms. The first-order valence-electron chi connectivity index (χ1n) is 7.60. The van der Waals surface area contributed by atoms with E-state index in [1.165, 1.54) is 27.8 Å². The number of ether oxygens (including phenoxy) is 1. The van der Waals surface area contributed by atoms with Crippen molar-refractivity contribution >= 4 is 29.9 Å². The van der Waals surface area contributed by atoms with Crippen molar-refractivity contribution in [2.24, 2.45) is 0 Å². The van der Waals surface area contributed by atoms with Gasteiger partial charge in [0.2, 0.25) is 0 Å². The van der Waals surface area contributed by atoms with Gasteiger partial charge in [-0.05, 0) is 18.2 Å². The Balaban J connectivity index is 1.89. The Labute approximate surface area is 127 Å². The fourth-order valence-electron chi connectivity index (χ4n) is 2.68. The number of hydrogen-bond donors (Lipinski definition) is 0. The maximum Gasteiger partial charge on any atom is 0.123 e. The van der Waals surface area contributed by atoms with Crippen molar-refractivity contribution in [2.75, 3.05) is 6.61 Å². The zero-order valence-corrected chi connectivity index (χ0v) is 14.1. The van der Waals surface area contributed by atoms with E-state index < -0.39 is 8.07 Å². The van der Waals surface area contributed by atoms with Crippen LogP contribution >= 0.6 is 0 Å². The van der Waals surface area contributed by atoms with Gasteiger partial charge in [0.05, 0.1) is 11.0 Å². The van der Waals surface area contributed by atoms with E-state index in [1.54, 1.807) is 0 Å². The minimum atomic E-state index is -1.02. The van der Waals surface area contributed by atoms with Gasteiger partial charge in [-0.3, -0.25) is 0 Å². The molecule has 0 spiro atoms. The first-order chi connectivity index (χ1) is 10.1. The number of nitrogens with zero attached hydrogens (tertiary/aromatic N) is 1. The Bertz CT molecular complexity index is 701. The highest BCUT2D eigenvalue weighted by atomic mass is 28.3. The van der Waals surface area contributed by atoms with Gasteiger partial charge in [0, 0.05) is 25.5 Å². The first kappa shape index (κ1) is 14.4. The molecule has 3 rings (SSSR count). The number of aromatic nitrogens is 1. The lowest BCUT2D eigenvalue weighted by atomic mass is 10.2. The van der Waals surface area contributed by atoms with Crippen molar-refractivity contribution in [2.45, 2.75) is 32.4 Å². The minimum Gasteiger partial charge on any atom is -0.361 e. The molecule has 21 heavy (non-hydrogen) atoms. The third-order valence-corrected chi connectivity index (χ3v) is 5.60. The lowest BCUT2D eigenvalue weighted by Gasteiger charge is -2.16. The van der Waals surface area contributed by atoms with Crippen LogP contribution in [0, 0.1) is 0 Å². The fraction of sp³-hybridized carbons (Fsp3) is 0.333. The highest BCUT2D eigenvalue weighted by Crippen LogP contribution is 2.28.